The molecule has 0 spiro atoms. The van der Waals surface area contributed by atoms with Crippen LogP contribution in [0, 0.1) is 0 Å². The van der Waals surface area contributed by atoms with Crippen LogP contribution in [0.25, 0.3) is 0 Å². The van der Waals surface area contributed by atoms with E-state index in [2.05, 4.69) is 16.0 Å². The van der Waals surface area contributed by atoms with Gasteiger partial charge in [-0.2, -0.15) is 0 Å². The Balaban J connectivity index is 1.66. The lowest BCUT2D eigenvalue weighted by Gasteiger charge is -2.10. The highest BCUT2D eigenvalue weighted by atomic mass is 32.1. The molecular weight excluding hydrogens is 440 g/mol. The van der Waals surface area contributed by atoms with E-state index in [-0.39, 0.29) is 24.8 Å². The molecule has 8 nitrogen and oxygen atoms in total. The third-order valence-corrected chi connectivity index (χ3v) is 5.63. The first-order valence-electron chi connectivity index (χ1n) is 10.3. The summed E-state index contributed by atoms with van der Waals surface area (Å²) in [7, 11) is 0. The fourth-order valence-corrected chi connectivity index (χ4v) is 3.77. The fraction of sp³-hybridized carbons (Fsp3) is 0.167. The van der Waals surface area contributed by atoms with Gasteiger partial charge < -0.3 is 21.7 Å². The molecule has 0 radical (unpaired) electrons. The molecule has 1 heterocycles. The topological polar surface area (TPSA) is 130 Å². The van der Waals surface area contributed by atoms with E-state index >= 15 is 0 Å². The normalized spacial score (nSPS) is 10.3. The predicted octanol–water partition coefficient (Wildman–Crippen LogP) is 3.42. The Bertz CT molecular complexity index is 1170. The van der Waals surface area contributed by atoms with Crippen molar-refractivity contribution in [2.75, 3.05) is 17.2 Å². The van der Waals surface area contributed by atoms with Crippen LogP contribution >= 0.6 is 11.3 Å². The molecule has 0 fully saturated rings. The van der Waals surface area contributed by atoms with Crippen molar-refractivity contribution < 1.29 is 19.2 Å². The van der Waals surface area contributed by atoms with Gasteiger partial charge in [0.25, 0.3) is 17.7 Å². The Kier molecular flexibility index (Phi) is 7.93. The van der Waals surface area contributed by atoms with E-state index in [4.69, 9.17) is 5.73 Å². The van der Waals surface area contributed by atoms with Crippen molar-refractivity contribution in [2.24, 2.45) is 5.73 Å². The van der Waals surface area contributed by atoms with Crippen LogP contribution in [0.1, 0.15) is 50.0 Å². The molecule has 0 atom stereocenters. The maximum Gasteiger partial charge on any atom is 0.258 e. The molecule has 3 rings (SSSR count). The minimum Gasteiger partial charge on any atom is -0.370 e. The van der Waals surface area contributed by atoms with Crippen LogP contribution in [0.4, 0.5) is 10.7 Å². The predicted molar refractivity (Wildman–Crippen MR) is 129 cm³/mol. The molecule has 0 aliphatic heterocycles. The van der Waals surface area contributed by atoms with E-state index in [9.17, 15) is 19.2 Å². The number of carbonyl (C=O) groups is 4. The van der Waals surface area contributed by atoms with Gasteiger partial charge in [0.15, 0.2) is 0 Å². The van der Waals surface area contributed by atoms with Gasteiger partial charge in [0.2, 0.25) is 5.91 Å². The van der Waals surface area contributed by atoms with E-state index < -0.39 is 11.8 Å². The number of rotatable bonds is 9. The third-order valence-electron chi connectivity index (χ3n) is 4.80. The molecular formula is C24H24N4O4S. The highest BCUT2D eigenvalue weighted by Crippen LogP contribution is 2.25. The van der Waals surface area contributed by atoms with Crippen molar-refractivity contribution in [1.82, 2.24) is 5.32 Å². The second-order valence-electron chi connectivity index (χ2n) is 7.18. The molecule has 2 aromatic carbocycles. The zero-order valence-electron chi connectivity index (χ0n) is 18.0. The highest BCUT2D eigenvalue weighted by Gasteiger charge is 2.17. The van der Waals surface area contributed by atoms with Gasteiger partial charge in [-0.15, -0.1) is 11.3 Å². The Morgan fingerprint density at radius 1 is 0.879 bits per heavy atom. The maximum atomic E-state index is 12.8. The Morgan fingerprint density at radius 3 is 2.33 bits per heavy atom. The molecule has 170 valence electrons. The van der Waals surface area contributed by atoms with Crippen molar-refractivity contribution in [1.29, 1.82) is 0 Å². The number of nitrogens with one attached hydrogen (secondary N) is 3. The van der Waals surface area contributed by atoms with E-state index in [1.54, 1.807) is 41.8 Å². The second-order valence-corrected chi connectivity index (χ2v) is 8.09. The number of benzene rings is 2. The largest absolute Gasteiger partial charge is 0.370 e. The van der Waals surface area contributed by atoms with Crippen LogP contribution in [-0.2, 0) is 11.2 Å². The summed E-state index contributed by atoms with van der Waals surface area (Å²) in [5, 5.41) is 10.3. The summed E-state index contributed by atoms with van der Waals surface area (Å²) >= 11 is 1.24. The molecule has 3 aromatic rings. The summed E-state index contributed by atoms with van der Waals surface area (Å²) in [5.74, 6) is -1.61. The van der Waals surface area contributed by atoms with Crippen LogP contribution < -0.4 is 21.7 Å². The van der Waals surface area contributed by atoms with Gasteiger partial charge in [-0.1, -0.05) is 25.1 Å². The highest BCUT2D eigenvalue weighted by molar-refractivity contribution is 7.14. The Labute approximate surface area is 195 Å². The Hall–Kier alpha value is -3.98. The van der Waals surface area contributed by atoms with Crippen molar-refractivity contribution >= 4 is 45.7 Å². The second kappa shape index (κ2) is 11.1. The van der Waals surface area contributed by atoms with Crippen LogP contribution in [0.3, 0.4) is 0 Å². The van der Waals surface area contributed by atoms with Gasteiger partial charge in [0.05, 0.1) is 5.56 Å². The molecule has 0 aliphatic rings. The minimum atomic E-state index is -0.507. The SMILES string of the molecule is CCc1ccc(C(=O)Nc2sccc2C(=O)Nc2cccc(C(=O)NCCC(N)=O)c2)cc1. The number of aryl methyl sites for hydroxylation is 1. The van der Waals surface area contributed by atoms with Crippen LogP contribution in [0.2, 0.25) is 0 Å². The van der Waals surface area contributed by atoms with Gasteiger partial charge >= 0.3 is 0 Å². The smallest absolute Gasteiger partial charge is 0.258 e. The summed E-state index contributed by atoms with van der Waals surface area (Å²) in [6.45, 7) is 2.17. The zero-order valence-corrected chi connectivity index (χ0v) is 18.8. The van der Waals surface area contributed by atoms with Gasteiger partial charge in [-0.3, -0.25) is 19.2 Å². The Morgan fingerprint density at radius 2 is 1.64 bits per heavy atom. The molecule has 0 saturated heterocycles. The summed E-state index contributed by atoms with van der Waals surface area (Å²) in [4.78, 5) is 48.4. The first kappa shape index (κ1) is 23.7. The number of amides is 4. The number of primary amides is 1. The van der Waals surface area contributed by atoms with Crippen molar-refractivity contribution in [3.05, 3.63) is 82.2 Å². The average molecular weight is 465 g/mol. The third kappa shape index (κ3) is 6.50. The number of hydrogen-bond donors (Lipinski definition) is 4. The molecule has 0 aliphatic carbocycles. The number of anilines is 2. The van der Waals surface area contributed by atoms with E-state index in [0.717, 1.165) is 12.0 Å². The van der Waals surface area contributed by atoms with Crippen LogP contribution in [-0.4, -0.2) is 30.2 Å². The molecule has 1 aromatic heterocycles. The molecule has 0 bridgehead atoms. The number of thiophene rings is 1. The van der Waals surface area contributed by atoms with E-state index in [0.29, 0.717) is 27.4 Å². The van der Waals surface area contributed by atoms with Crippen LogP contribution in [0.15, 0.2) is 60.0 Å². The molecule has 33 heavy (non-hydrogen) atoms. The number of nitrogens with two attached hydrogens (primary N) is 1. The standard InChI is InChI=1S/C24H24N4O4S/c1-2-15-6-8-16(9-7-15)22(31)28-24-19(11-13-33-24)23(32)27-18-5-3-4-17(14-18)21(30)26-12-10-20(25)29/h3-9,11,13-14H,2,10,12H2,1H3,(H2,25,29)(H,26,30)(H,27,32)(H,28,31). The zero-order chi connectivity index (χ0) is 23.8. The summed E-state index contributed by atoms with van der Waals surface area (Å²) in [5.41, 5.74) is 7.76. The van der Waals surface area contributed by atoms with E-state index in [1.165, 1.54) is 17.4 Å². The minimum absolute atomic E-state index is 0.0393. The lowest BCUT2D eigenvalue weighted by molar-refractivity contribution is -0.117. The van der Waals surface area contributed by atoms with E-state index in [1.807, 2.05) is 19.1 Å². The quantitative estimate of drug-likeness (QED) is 0.386. The monoisotopic (exact) mass is 464 g/mol. The van der Waals surface area contributed by atoms with Gasteiger partial charge in [0, 0.05) is 29.8 Å². The maximum absolute atomic E-state index is 12.8. The fourth-order valence-electron chi connectivity index (χ4n) is 2.99. The molecule has 4 amide bonds. The van der Waals surface area contributed by atoms with Crippen LogP contribution in [0.5, 0.6) is 0 Å². The summed E-state index contributed by atoms with van der Waals surface area (Å²) in [6.07, 6.45) is 0.922. The molecule has 5 N–H and O–H groups in total. The number of hydrogen-bond acceptors (Lipinski definition) is 5. The van der Waals surface area contributed by atoms with Gasteiger partial charge in [-0.05, 0) is 53.8 Å². The van der Waals surface area contributed by atoms with Crippen molar-refractivity contribution in [3.63, 3.8) is 0 Å². The van der Waals surface area contributed by atoms with Gasteiger partial charge in [-0.25, -0.2) is 0 Å². The lowest BCUT2D eigenvalue weighted by Crippen LogP contribution is -2.27. The summed E-state index contributed by atoms with van der Waals surface area (Å²) in [6, 6.07) is 15.3. The van der Waals surface area contributed by atoms with Crippen molar-refractivity contribution in [2.45, 2.75) is 19.8 Å². The molecule has 9 heteroatoms. The first-order valence-corrected chi connectivity index (χ1v) is 11.2. The molecule has 0 unspecified atom stereocenters. The van der Waals surface area contributed by atoms with Crippen molar-refractivity contribution in [3.8, 4) is 0 Å². The average Bonchev–Trinajstić information content (AvgIpc) is 3.27. The lowest BCUT2D eigenvalue weighted by atomic mass is 10.1. The molecule has 0 saturated carbocycles. The van der Waals surface area contributed by atoms with Gasteiger partial charge in [0.1, 0.15) is 5.00 Å². The number of carbonyl (C=O) groups excluding carboxylic acids is 4. The first-order chi connectivity index (χ1) is 15.9. The summed E-state index contributed by atoms with van der Waals surface area (Å²) < 4.78 is 0.